The average molecular weight is 218 g/mol. The van der Waals surface area contributed by atoms with Crippen LogP contribution < -0.4 is 5.56 Å². The zero-order valence-corrected chi connectivity index (χ0v) is 8.85. The number of hydrogen-bond donors (Lipinski definition) is 0. The van der Waals surface area contributed by atoms with Crippen LogP contribution in [-0.2, 0) is 5.75 Å². The summed E-state index contributed by atoms with van der Waals surface area (Å²) >= 11 is 1.39. The van der Waals surface area contributed by atoms with Crippen molar-refractivity contribution in [3.8, 4) is 0 Å². The lowest BCUT2D eigenvalue weighted by Crippen LogP contribution is -2.15. The Morgan fingerprint density at radius 3 is 2.67 bits per heavy atom. The van der Waals surface area contributed by atoms with Crippen molar-refractivity contribution in [2.75, 3.05) is 0 Å². The second-order valence-corrected chi connectivity index (χ2v) is 3.89. The van der Waals surface area contributed by atoms with E-state index in [0.717, 1.165) is 5.75 Å². The fourth-order valence-corrected chi connectivity index (χ4v) is 1.92. The third-order valence-electron chi connectivity index (χ3n) is 1.88. The SMILES string of the molecule is O=c1cccnn1SCc1ccccc1. The zero-order chi connectivity index (χ0) is 10.5. The molecule has 0 spiro atoms. The molecule has 0 N–H and O–H groups in total. The van der Waals surface area contributed by atoms with Crippen molar-refractivity contribution in [1.82, 2.24) is 9.19 Å². The highest BCUT2D eigenvalue weighted by Gasteiger charge is 1.97. The van der Waals surface area contributed by atoms with Crippen LogP contribution in [0.2, 0.25) is 0 Å². The molecule has 0 radical (unpaired) electrons. The summed E-state index contributed by atoms with van der Waals surface area (Å²) in [5, 5.41) is 3.96. The fraction of sp³-hybridized carbons (Fsp3) is 0.0909. The highest BCUT2D eigenvalue weighted by Crippen LogP contribution is 2.10. The zero-order valence-electron chi connectivity index (χ0n) is 8.04. The molecule has 4 heteroatoms. The maximum Gasteiger partial charge on any atom is 0.277 e. The van der Waals surface area contributed by atoms with Gasteiger partial charge in [-0.05, 0) is 23.6 Å². The Bertz CT molecular complexity index is 481. The molecule has 76 valence electrons. The van der Waals surface area contributed by atoms with Crippen LogP contribution in [-0.4, -0.2) is 9.19 Å². The second kappa shape index (κ2) is 4.79. The first kappa shape index (κ1) is 9.98. The Morgan fingerprint density at radius 2 is 1.93 bits per heavy atom. The van der Waals surface area contributed by atoms with Gasteiger partial charge in [0.25, 0.3) is 5.56 Å². The first-order chi connectivity index (χ1) is 7.36. The lowest BCUT2D eigenvalue weighted by atomic mass is 10.2. The summed E-state index contributed by atoms with van der Waals surface area (Å²) in [5.74, 6) is 0.748. The van der Waals surface area contributed by atoms with Gasteiger partial charge in [0.15, 0.2) is 0 Å². The number of aromatic nitrogens is 2. The van der Waals surface area contributed by atoms with Gasteiger partial charge < -0.3 is 0 Å². The van der Waals surface area contributed by atoms with Crippen LogP contribution in [0, 0.1) is 0 Å². The van der Waals surface area contributed by atoms with Crippen molar-refractivity contribution in [3.63, 3.8) is 0 Å². The first-order valence-corrected chi connectivity index (χ1v) is 5.52. The third-order valence-corrected chi connectivity index (χ3v) is 2.86. The van der Waals surface area contributed by atoms with Gasteiger partial charge in [0.2, 0.25) is 0 Å². The maximum absolute atomic E-state index is 11.3. The van der Waals surface area contributed by atoms with Gasteiger partial charge in [-0.2, -0.15) is 9.19 Å². The normalized spacial score (nSPS) is 10.1. The lowest BCUT2D eigenvalue weighted by Gasteiger charge is -2.01. The molecular weight excluding hydrogens is 208 g/mol. The molecule has 1 aromatic heterocycles. The van der Waals surface area contributed by atoms with Gasteiger partial charge in [0, 0.05) is 18.0 Å². The molecule has 1 heterocycles. The summed E-state index contributed by atoms with van der Waals surface area (Å²) in [4.78, 5) is 11.3. The van der Waals surface area contributed by atoms with Crippen molar-refractivity contribution in [2.45, 2.75) is 5.75 Å². The van der Waals surface area contributed by atoms with Crippen LogP contribution in [0.25, 0.3) is 0 Å². The molecule has 0 unspecified atom stereocenters. The Hall–Kier alpha value is -1.55. The molecule has 0 amide bonds. The van der Waals surface area contributed by atoms with Crippen molar-refractivity contribution < 1.29 is 0 Å². The first-order valence-electron chi connectivity index (χ1n) is 4.58. The third kappa shape index (κ3) is 2.70. The predicted molar refractivity (Wildman–Crippen MR) is 61.6 cm³/mol. The largest absolute Gasteiger partial charge is 0.277 e. The van der Waals surface area contributed by atoms with E-state index >= 15 is 0 Å². The van der Waals surface area contributed by atoms with Crippen LogP contribution in [0.4, 0.5) is 0 Å². The highest BCUT2D eigenvalue weighted by molar-refractivity contribution is 7.96. The van der Waals surface area contributed by atoms with Crippen molar-refractivity contribution >= 4 is 11.9 Å². The second-order valence-electron chi connectivity index (χ2n) is 2.99. The molecule has 0 atom stereocenters. The summed E-state index contributed by atoms with van der Waals surface area (Å²) in [5.41, 5.74) is 1.10. The summed E-state index contributed by atoms with van der Waals surface area (Å²) in [6, 6.07) is 13.1. The Kier molecular flexibility index (Phi) is 3.19. The monoisotopic (exact) mass is 218 g/mol. The van der Waals surface area contributed by atoms with Crippen LogP contribution in [0.3, 0.4) is 0 Å². The molecule has 0 saturated carbocycles. The molecule has 0 bridgehead atoms. The Balaban J connectivity index is 2.06. The number of hydrogen-bond acceptors (Lipinski definition) is 3. The van der Waals surface area contributed by atoms with E-state index in [-0.39, 0.29) is 5.56 Å². The van der Waals surface area contributed by atoms with Gasteiger partial charge in [0.1, 0.15) is 0 Å². The van der Waals surface area contributed by atoms with E-state index in [4.69, 9.17) is 0 Å². The van der Waals surface area contributed by atoms with Crippen LogP contribution in [0.5, 0.6) is 0 Å². The Morgan fingerprint density at radius 1 is 1.13 bits per heavy atom. The predicted octanol–water partition coefficient (Wildman–Crippen LogP) is 1.94. The molecule has 1 aromatic carbocycles. The van der Waals surface area contributed by atoms with Crippen molar-refractivity contribution in [3.05, 3.63) is 64.6 Å². The minimum Gasteiger partial charge on any atom is -0.267 e. The molecule has 0 aliphatic rings. The summed E-state index contributed by atoms with van der Waals surface area (Å²) < 4.78 is 1.40. The van der Waals surface area contributed by atoms with E-state index in [2.05, 4.69) is 5.10 Å². The lowest BCUT2D eigenvalue weighted by molar-refractivity contribution is 0.915. The molecular formula is C11H10N2OS. The summed E-state index contributed by atoms with van der Waals surface area (Å²) in [7, 11) is 0. The molecule has 0 fully saturated rings. The standard InChI is InChI=1S/C11H10N2OS/c14-11-7-4-8-12-13(11)15-9-10-5-2-1-3-6-10/h1-8H,9H2. The molecule has 2 rings (SSSR count). The minimum absolute atomic E-state index is 0.0848. The van der Waals surface area contributed by atoms with E-state index in [9.17, 15) is 4.79 Å². The molecule has 0 aliphatic heterocycles. The van der Waals surface area contributed by atoms with Gasteiger partial charge >= 0.3 is 0 Å². The Labute approximate surface area is 91.9 Å². The van der Waals surface area contributed by atoms with E-state index in [1.165, 1.54) is 27.7 Å². The minimum atomic E-state index is -0.0848. The van der Waals surface area contributed by atoms with Gasteiger partial charge in [-0.15, -0.1) is 0 Å². The van der Waals surface area contributed by atoms with E-state index < -0.39 is 0 Å². The van der Waals surface area contributed by atoms with E-state index in [1.54, 1.807) is 12.3 Å². The molecule has 0 aliphatic carbocycles. The quantitative estimate of drug-likeness (QED) is 0.789. The van der Waals surface area contributed by atoms with Crippen molar-refractivity contribution in [2.24, 2.45) is 0 Å². The van der Waals surface area contributed by atoms with Crippen molar-refractivity contribution in [1.29, 1.82) is 0 Å². The average Bonchev–Trinajstić information content (AvgIpc) is 2.29. The van der Waals surface area contributed by atoms with Crippen LogP contribution in [0.1, 0.15) is 5.56 Å². The van der Waals surface area contributed by atoms with Crippen LogP contribution in [0.15, 0.2) is 53.5 Å². The fourth-order valence-electron chi connectivity index (χ4n) is 1.15. The molecule has 0 saturated heterocycles. The summed E-state index contributed by atoms with van der Waals surface area (Å²) in [6.07, 6.45) is 1.61. The number of benzene rings is 1. The van der Waals surface area contributed by atoms with Gasteiger partial charge in [-0.25, -0.2) is 0 Å². The van der Waals surface area contributed by atoms with Gasteiger partial charge in [-0.3, -0.25) is 4.79 Å². The highest BCUT2D eigenvalue weighted by atomic mass is 32.2. The number of nitrogens with zero attached hydrogens (tertiary/aromatic N) is 2. The van der Waals surface area contributed by atoms with E-state index in [0.29, 0.717) is 0 Å². The maximum atomic E-state index is 11.3. The molecule has 3 nitrogen and oxygen atoms in total. The van der Waals surface area contributed by atoms with Crippen LogP contribution >= 0.6 is 11.9 Å². The summed E-state index contributed by atoms with van der Waals surface area (Å²) in [6.45, 7) is 0. The van der Waals surface area contributed by atoms with Gasteiger partial charge in [0.05, 0.1) is 0 Å². The molecule has 15 heavy (non-hydrogen) atoms. The smallest absolute Gasteiger partial charge is 0.267 e. The topological polar surface area (TPSA) is 34.9 Å². The number of rotatable bonds is 3. The van der Waals surface area contributed by atoms with E-state index in [1.807, 2.05) is 30.3 Å². The molecule has 2 aromatic rings. The van der Waals surface area contributed by atoms with Gasteiger partial charge in [-0.1, -0.05) is 30.3 Å².